The van der Waals surface area contributed by atoms with Crippen LogP contribution in [0.15, 0.2) is 35.7 Å². The van der Waals surface area contributed by atoms with Crippen LogP contribution in [0.2, 0.25) is 0 Å². The Hall–Kier alpha value is -1.65. The van der Waals surface area contributed by atoms with Crippen LogP contribution in [0.5, 0.6) is 0 Å². The Morgan fingerprint density at radius 3 is 2.60 bits per heavy atom. The minimum Gasteiger partial charge on any atom is -0.347 e. The Bertz CT molecular complexity index is 701. The van der Waals surface area contributed by atoms with Crippen LogP contribution in [0.25, 0.3) is 0 Å². The van der Waals surface area contributed by atoms with Gasteiger partial charge in [-0.15, -0.1) is 11.3 Å². The molecule has 0 atom stereocenters. The van der Waals surface area contributed by atoms with Gasteiger partial charge in [0.25, 0.3) is 5.91 Å². The number of hydrogen-bond acceptors (Lipinski definition) is 3. The molecule has 1 aliphatic heterocycles. The first-order chi connectivity index (χ1) is 12.2. The highest BCUT2D eigenvalue weighted by molar-refractivity contribution is 7.12. The van der Waals surface area contributed by atoms with Crippen LogP contribution in [0.3, 0.4) is 0 Å². The quantitative estimate of drug-likeness (QED) is 0.828. The number of amides is 1. The van der Waals surface area contributed by atoms with Crippen molar-refractivity contribution in [3.8, 4) is 0 Å². The predicted octanol–water partition coefficient (Wildman–Crippen LogP) is 4.47. The second-order valence-electron chi connectivity index (χ2n) is 7.04. The third-order valence-corrected chi connectivity index (χ3v) is 6.12. The number of benzene rings is 1. The lowest BCUT2D eigenvalue weighted by Crippen LogP contribution is -2.33. The van der Waals surface area contributed by atoms with Crippen LogP contribution >= 0.6 is 11.3 Å². The lowest BCUT2D eigenvalue weighted by atomic mass is 9.98. The summed E-state index contributed by atoms with van der Waals surface area (Å²) in [6.07, 6.45) is 3.48. The van der Waals surface area contributed by atoms with Crippen molar-refractivity contribution in [2.24, 2.45) is 5.92 Å². The van der Waals surface area contributed by atoms with Crippen molar-refractivity contribution >= 4 is 17.2 Å². The highest BCUT2D eigenvalue weighted by Gasteiger charge is 2.17. The smallest absolute Gasteiger partial charge is 0.261 e. The van der Waals surface area contributed by atoms with Crippen LogP contribution in [0.4, 0.5) is 0 Å². The highest BCUT2D eigenvalue weighted by atomic mass is 32.1. The number of likely N-dealkylation sites (tertiary alicyclic amines) is 1. The van der Waals surface area contributed by atoms with Crippen molar-refractivity contribution in [1.29, 1.82) is 0 Å². The van der Waals surface area contributed by atoms with Gasteiger partial charge < -0.3 is 5.32 Å². The minimum atomic E-state index is 0.0495. The molecule has 1 fully saturated rings. The molecule has 1 aromatic carbocycles. The molecule has 3 rings (SSSR count). The van der Waals surface area contributed by atoms with Crippen LogP contribution in [-0.2, 0) is 19.5 Å². The number of thiophene rings is 1. The molecule has 2 heterocycles. The van der Waals surface area contributed by atoms with Gasteiger partial charge in [-0.3, -0.25) is 9.69 Å². The average molecular weight is 357 g/mol. The monoisotopic (exact) mass is 356 g/mol. The molecule has 2 aromatic rings. The van der Waals surface area contributed by atoms with Gasteiger partial charge >= 0.3 is 0 Å². The second kappa shape index (κ2) is 8.63. The molecule has 0 saturated carbocycles. The van der Waals surface area contributed by atoms with E-state index in [2.05, 4.69) is 48.3 Å². The van der Waals surface area contributed by atoms with Crippen molar-refractivity contribution in [3.63, 3.8) is 0 Å². The van der Waals surface area contributed by atoms with Gasteiger partial charge in [-0.2, -0.15) is 0 Å². The van der Waals surface area contributed by atoms with Crippen LogP contribution in [-0.4, -0.2) is 23.9 Å². The Morgan fingerprint density at radius 2 is 1.88 bits per heavy atom. The maximum atomic E-state index is 12.5. The first-order valence-corrected chi connectivity index (χ1v) is 10.2. The summed E-state index contributed by atoms with van der Waals surface area (Å²) in [5.74, 6) is 0.901. The minimum absolute atomic E-state index is 0.0495. The van der Waals surface area contributed by atoms with Crippen molar-refractivity contribution < 1.29 is 4.79 Å². The SMILES string of the molecule is CCc1ccsc1C(=O)NCc1ccccc1CN1CCC(C)CC1. The molecule has 25 heavy (non-hydrogen) atoms. The van der Waals surface area contributed by atoms with Gasteiger partial charge in [0.05, 0.1) is 4.88 Å². The van der Waals surface area contributed by atoms with Crippen molar-refractivity contribution in [1.82, 2.24) is 10.2 Å². The summed E-state index contributed by atoms with van der Waals surface area (Å²) in [5.41, 5.74) is 3.70. The molecule has 134 valence electrons. The number of nitrogens with one attached hydrogen (secondary N) is 1. The van der Waals surface area contributed by atoms with Gasteiger partial charge in [0, 0.05) is 13.1 Å². The Balaban J connectivity index is 1.62. The Kier molecular flexibility index (Phi) is 6.27. The number of carbonyl (C=O) groups excluding carboxylic acids is 1. The Labute approximate surface area is 155 Å². The topological polar surface area (TPSA) is 32.3 Å². The Morgan fingerprint density at radius 1 is 1.16 bits per heavy atom. The molecule has 0 bridgehead atoms. The number of aryl methyl sites for hydroxylation is 1. The maximum Gasteiger partial charge on any atom is 0.261 e. The fraction of sp³-hybridized carbons (Fsp3) is 0.476. The molecule has 1 saturated heterocycles. The van der Waals surface area contributed by atoms with E-state index >= 15 is 0 Å². The molecular formula is C21H28N2OS. The fourth-order valence-electron chi connectivity index (χ4n) is 3.41. The fourth-order valence-corrected chi connectivity index (χ4v) is 4.33. The van der Waals surface area contributed by atoms with E-state index in [4.69, 9.17) is 0 Å². The van der Waals surface area contributed by atoms with Gasteiger partial charge in [-0.05, 0) is 66.4 Å². The highest BCUT2D eigenvalue weighted by Crippen LogP contribution is 2.20. The molecular weight excluding hydrogens is 328 g/mol. The normalized spacial score (nSPS) is 16.1. The van der Waals surface area contributed by atoms with Gasteiger partial charge in [0.2, 0.25) is 0 Å². The molecule has 1 N–H and O–H groups in total. The second-order valence-corrected chi connectivity index (χ2v) is 7.95. The zero-order valence-electron chi connectivity index (χ0n) is 15.3. The zero-order valence-corrected chi connectivity index (χ0v) is 16.1. The van der Waals surface area contributed by atoms with Gasteiger partial charge in [0.1, 0.15) is 0 Å². The van der Waals surface area contributed by atoms with E-state index < -0.39 is 0 Å². The van der Waals surface area contributed by atoms with E-state index in [0.29, 0.717) is 6.54 Å². The molecule has 0 aliphatic carbocycles. The van der Waals surface area contributed by atoms with E-state index in [1.54, 1.807) is 0 Å². The van der Waals surface area contributed by atoms with E-state index in [-0.39, 0.29) is 5.91 Å². The average Bonchev–Trinajstić information content (AvgIpc) is 3.11. The third kappa shape index (κ3) is 4.71. The molecule has 0 spiro atoms. The van der Waals surface area contributed by atoms with Crippen LogP contribution < -0.4 is 5.32 Å². The number of carbonyl (C=O) groups is 1. The molecule has 0 radical (unpaired) electrons. The summed E-state index contributed by atoms with van der Waals surface area (Å²) >= 11 is 1.53. The largest absolute Gasteiger partial charge is 0.347 e. The zero-order chi connectivity index (χ0) is 17.6. The first-order valence-electron chi connectivity index (χ1n) is 9.31. The third-order valence-electron chi connectivity index (χ3n) is 5.16. The standard InChI is InChI=1S/C21H28N2OS/c1-3-17-10-13-25-20(17)21(24)22-14-18-6-4-5-7-19(18)15-23-11-8-16(2)9-12-23/h4-7,10,13,16H,3,8-9,11-12,14-15H2,1-2H3,(H,22,24). The van der Waals surface area contributed by atoms with E-state index in [1.807, 2.05) is 11.4 Å². The van der Waals surface area contributed by atoms with Gasteiger partial charge in [-0.1, -0.05) is 38.1 Å². The molecule has 4 heteroatoms. The van der Waals surface area contributed by atoms with E-state index in [9.17, 15) is 4.79 Å². The number of rotatable bonds is 6. The lowest BCUT2D eigenvalue weighted by molar-refractivity contribution is 0.0954. The molecule has 1 aliphatic rings. The maximum absolute atomic E-state index is 12.5. The summed E-state index contributed by atoms with van der Waals surface area (Å²) in [7, 11) is 0. The molecule has 1 aromatic heterocycles. The van der Waals surface area contributed by atoms with E-state index in [1.165, 1.54) is 48.4 Å². The van der Waals surface area contributed by atoms with Crippen molar-refractivity contribution in [2.75, 3.05) is 13.1 Å². The first kappa shape index (κ1) is 18.2. The lowest BCUT2D eigenvalue weighted by Gasteiger charge is -2.30. The summed E-state index contributed by atoms with van der Waals surface area (Å²) in [6.45, 7) is 8.37. The summed E-state index contributed by atoms with van der Waals surface area (Å²) < 4.78 is 0. The summed E-state index contributed by atoms with van der Waals surface area (Å²) in [6, 6.07) is 10.5. The predicted molar refractivity (Wildman–Crippen MR) is 105 cm³/mol. The molecule has 3 nitrogen and oxygen atoms in total. The van der Waals surface area contributed by atoms with Crippen molar-refractivity contribution in [3.05, 3.63) is 57.3 Å². The molecule has 0 unspecified atom stereocenters. The van der Waals surface area contributed by atoms with Crippen molar-refractivity contribution in [2.45, 2.75) is 46.2 Å². The summed E-state index contributed by atoms with van der Waals surface area (Å²) in [4.78, 5) is 15.9. The number of piperidine rings is 1. The summed E-state index contributed by atoms with van der Waals surface area (Å²) in [5, 5.41) is 5.11. The van der Waals surface area contributed by atoms with Crippen LogP contribution in [0, 0.1) is 5.92 Å². The molecule has 1 amide bonds. The van der Waals surface area contributed by atoms with Gasteiger partial charge in [0.15, 0.2) is 0 Å². The van der Waals surface area contributed by atoms with Crippen LogP contribution in [0.1, 0.15) is 53.1 Å². The van der Waals surface area contributed by atoms with Gasteiger partial charge in [-0.25, -0.2) is 0 Å². The number of nitrogens with zero attached hydrogens (tertiary/aromatic N) is 1. The number of hydrogen-bond donors (Lipinski definition) is 1. The van der Waals surface area contributed by atoms with E-state index in [0.717, 1.165) is 29.3 Å².